The average molecular weight is 388 g/mol. The van der Waals surface area contributed by atoms with Crippen molar-refractivity contribution in [3.8, 4) is 17.0 Å². The van der Waals surface area contributed by atoms with E-state index in [9.17, 15) is 17.6 Å². The molecule has 0 amide bonds. The number of sulfone groups is 1. The van der Waals surface area contributed by atoms with Gasteiger partial charge in [0.05, 0.1) is 15.7 Å². The zero-order valence-electron chi connectivity index (χ0n) is 13.2. The SMILES string of the molecule is CCCS(=O)(=O)c1ccc(F)c(-c2cc(Cl)cnc2OCC(=O)O)c1. The van der Waals surface area contributed by atoms with E-state index in [1.54, 1.807) is 6.92 Å². The first-order chi connectivity index (χ1) is 11.7. The predicted molar refractivity (Wildman–Crippen MR) is 90.1 cm³/mol. The Kier molecular flexibility index (Phi) is 5.97. The van der Waals surface area contributed by atoms with Crippen molar-refractivity contribution in [1.82, 2.24) is 4.98 Å². The summed E-state index contributed by atoms with van der Waals surface area (Å²) in [6.45, 7) is 1.04. The van der Waals surface area contributed by atoms with E-state index >= 15 is 0 Å². The third-order valence-corrected chi connectivity index (χ3v) is 5.33. The second kappa shape index (κ2) is 7.79. The molecule has 6 nitrogen and oxygen atoms in total. The number of rotatable bonds is 7. The van der Waals surface area contributed by atoms with Crippen LogP contribution in [0.5, 0.6) is 5.88 Å². The predicted octanol–water partition coefficient (Wildman–Crippen LogP) is 3.19. The number of carboxylic acid groups (broad SMARTS) is 1. The number of aliphatic carboxylic acids is 1. The number of carbonyl (C=O) groups is 1. The molecule has 1 aromatic heterocycles. The molecule has 9 heteroatoms. The highest BCUT2D eigenvalue weighted by Crippen LogP contribution is 2.34. The van der Waals surface area contributed by atoms with E-state index in [1.807, 2.05) is 0 Å². The van der Waals surface area contributed by atoms with Gasteiger partial charge in [-0.1, -0.05) is 18.5 Å². The molecule has 2 rings (SSSR count). The van der Waals surface area contributed by atoms with Gasteiger partial charge in [0.15, 0.2) is 16.4 Å². The largest absolute Gasteiger partial charge is 0.479 e. The molecule has 0 saturated carbocycles. The number of benzene rings is 1. The van der Waals surface area contributed by atoms with Crippen LogP contribution in [0.3, 0.4) is 0 Å². The minimum absolute atomic E-state index is 0.0464. The Bertz CT molecular complexity index is 901. The van der Waals surface area contributed by atoms with Crippen LogP contribution in [0.1, 0.15) is 13.3 Å². The molecule has 0 fully saturated rings. The average Bonchev–Trinajstić information content (AvgIpc) is 2.53. The molecule has 0 saturated heterocycles. The van der Waals surface area contributed by atoms with Gasteiger partial charge in [0.2, 0.25) is 5.88 Å². The Morgan fingerprint density at radius 2 is 2.04 bits per heavy atom. The standard InChI is InChI=1S/C16H15ClFNO5S/c1-2-5-25(22,23)11-3-4-14(18)12(7-11)13-6-10(17)8-19-16(13)24-9-15(20)21/h3-4,6-8H,2,5,9H2,1H3,(H,20,21). The molecule has 0 unspecified atom stereocenters. The van der Waals surface area contributed by atoms with Crippen LogP contribution in [-0.2, 0) is 14.6 Å². The summed E-state index contributed by atoms with van der Waals surface area (Å²) in [6, 6.07) is 4.71. The molecule has 25 heavy (non-hydrogen) atoms. The van der Waals surface area contributed by atoms with Crippen molar-refractivity contribution in [3.63, 3.8) is 0 Å². The van der Waals surface area contributed by atoms with Crippen molar-refractivity contribution in [2.45, 2.75) is 18.2 Å². The molecule has 134 valence electrons. The lowest BCUT2D eigenvalue weighted by atomic mass is 10.1. The summed E-state index contributed by atoms with van der Waals surface area (Å²) in [5.74, 6) is -2.17. The zero-order chi connectivity index (χ0) is 18.6. The Balaban J connectivity index is 2.57. The number of pyridine rings is 1. The van der Waals surface area contributed by atoms with Crippen molar-refractivity contribution >= 4 is 27.4 Å². The molecule has 1 aromatic carbocycles. The van der Waals surface area contributed by atoms with Crippen molar-refractivity contribution in [2.24, 2.45) is 0 Å². The third kappa shape index (κ3) is 4.67. The second-order valence-electron chi connectivity index (χ2n) is 5.15. The fourth-order valence-corrected chi connectivity index (χ4v) is 3.66. The molecule has 0 aliphatic carbocycles. The van der Waals surface area contributed by atoms with Gasteiger partial charge in [-0.05, 0) is 30.7 Å². The van der Waals surface area contributed by atoms with E-state index in [-0.39, 0.29) is 32.7 Å². The number of carboxylic acids is 1. The summed E-state index contributed by atoms with van der Waals surface area (Å²) in [7, 11) is -3.56. The van der Waals surface area contributed by atoms with Gasteiger partial charge in [0.25, 0.3) is 0 Å². The van der Waals surface area contributed by atoms with Gasteiger partial charge in [-0.3, -0.25) is 0 Å². The van der Waals surface area contributed by atoms with Crippen LogP contribution < -0.4 is 4.74 Å². The Hall–Kier alpha value is -2.19. The molecule has 1 N–H and O–H groups in total. The highest BCUT2D eigenvalue weighted by molar-refractivity contribution is 7.91. The van der Waals surface area contributed by atoms with E-state index in [1.165, 1.54) is 24.4 Å². The first kappa shape index (κ1) is 19.1. The molecule has 0 radical (unpaired) electrons. The maximum Gasteiger partial charge on any atom is 0.341 e. The zero-order valence-corrected chi connectivity index (χ0v) is 14.8. The van der Waals surface area contributed by atoms with Crippen molar-refractivity contribution < 1.29 is 27.4 Å². The highest BCUT2D eigenvalue weighted by atomic mass is 35.5. The van der Waals surface area contributed by atoms with Crippen LogP contribution in [0.2, 0.25) is 5.02 Å². The minimum Gasteiger partial charge on any atom is -0.479 e. The number of aromatic nitrogens is 1. The Morgan fingerprint density at radius 3 is 2.68 bits per heavy atom. The minimum atomic E-state index is -3.56. The summed E-state index contributed by atoms with van der Waals surface area (Å²) in [6.07, 6.45) is 1.64. The van der Waals surface area contributed by atoms with Crippen LogP contribution in [0.15, 0.2) is 35.4 Å². The van der Waals surface area contributed by atoms with Gasteiger partial charge in [-0.15, -0.1) is 0 Å². The number of hydrogen-bond acceptors (Lipinski definition) is 5. The topological polar surface area (TPSA) is 93.6 Å². The lowest BCUT2D eigenvalue weighted by Gasteiger charge is -2.12. The molecular weight excluding hydrogens is 373 g/mol. The maximum absolute atomic E-state index is 14.3. The van der Waals surface area contributed by atoms with E-state index in [0.29, 0.717) is 6.42 Å². The number of halogens is 2. The number of ether oxygens (including phenoxy) is 1. The fraction of sp³-hybridized carbons (Fsp3) is 0.250. The van der Waals surface area contributed by atoms with Gasteiger partial charge < -0.3 is 9.84 Å². The Morgan fingerprint density at radius 1 is 1.32 bits per heavy atom. The van der Waals surface area contributed by atoms with Gasteiger partial charge in [0, 0.05) is 17.3 Å². The summed E-state index contributed by atoms with van der Waals surface area (Å²) >= 11 is 5.89. The molecule has 2 aromatic rings. The molecule has 0 atom stereocenters. The van der Waals surface area contributed by atoms with Gasteiger partial charge in [-0.2, -0.15) is 0 Å². The van der Waals surface area contributed by atoms with Crippen LogP contribution in [0.25, 0.3) is 11.1 Å². The maximum atomic E-state index is 14.3. The highest BCUT2D eigenvalue weighted by Gasteiger charge is 2.19. The van der Waals surface area contributed by atoms with Gasteiger partial charge in [0.1, 0.15) is 5.82 Å². The summed E-state index contributed by atoms with van der Waals surface area (Å²) in [5, 5.41) is 8.89. The monoisotopic (exact) mass is 387 g/mol. The van der Waals surface area contributed by atoms with Gasteiger partial charge in [-0.25, -0.2) is 22.6 Å². The normalized spacial score (nSPS) is 11.3. The van der Waals surface area contributed by atoms with Crippen LogP contribution >= 0.6 is 11.6 Å². The summed E-state index contributed by atoms with van der Waals surface area (Å²) in [4.78, 5) is 14.5. The van der Waals surface area contributed by atoms with Gasteiger partial charge >= 0.3 is 5.97 Å². The van der Waals surface area contributed by atoms with E-state index in [0.717, 1.165) is 6.07 Å². The molecule has 1 heterocycles. The number of nitrogens with zero attached hydrogens (tertiary/aromatic N) is 1. The quantitative estimate of drug-likeness (QED) is 0.733. The van der Waals surface area contributed by atoms with E-state index in [4.69, 9.17) is 21.4 Å². The molecule has 0 bridgehead atoms. The molecule has 0 aliphatic rings. The van der Waals surface area contributed by atoms with Crippen molar-refractivity contribution in [1.29, 1.82) is 0 Å². The molecular formula is C16H15ClFNO5S. The summed E-state index contributed by atoms with van der Waals surface area (Å²) < 4.78 is 43.8. The van der Waals surface area contributed by atoms with Crippen LogP contribution in [0.4, 0.5) is 4.39 Å². The van der Waals surface area contributed by atoms with Crippen molar-refractivity contribution in [2.75, 3.05) is 12.4 Å². The first-order valence-electron chi connectivity index (χ1n) is 7.27. The summed E-state index contributed by atoms with van der Waals surface area (Å²) in [5.41, 5.74) is -0.0210. The lowest BCUT2D eigenvalue weighted by molar-refractivity contribution is -0.139. The molecule has 0 aliphatic heterocycles. The lowest BCUT2D eigenvalue weighted by Crippen LogP contribution is -2.11. The molecule has 0 spiro atoms. The smallest absolute Gasteiger partial charge is 0.341 e. The van der Waals surface area contributed by atoms with E-state index < -0.39 is 28.2 Å². The second-order valence-corrected chi connectivity index (χ2v) is 7.69. The van der Waals surface area contributed by atoms with Crippen molar-refractivity contribution in [3.05, 3.63) is 41.3 Å². The first-order valence-corrected chi connectivity index (χ1v) is 9.30. The van der Waals surface area contributed by atoms with Crippen LogP contribution in [-0.4, -0.2) is 36.8 Å². The third-order valence-electron chi connectivity index (χ3n) is 3.21. The Labute approximate surface area is 149 Å². The fourth-order valence-electron chi connectivity index (χ4n) is 2.16. The van der Waals surface area contributed by atoms with Crippen LogP contribution in [0, 0.1) is 5.82 Å². The number of hydrogen-bond donors (Lipinski definition) is 1. The van der Waals surface area contributed by atoms with E-state index in [2.05, 4.69) is 4.98 Å².